The molecule has 0 N–H and O–H groups in total. The molecule has 55 heavy (non-hydrogen) atoms. The van der Waals surface area contributed by atoms with Crippen LogP contribution in [0.3, 0.4) is 0 Å². The molecule has 9 nitrogen and oxygen atoms in total. The van der Waals surface area contributed by atoms with Crippen molar-refractivity contribution in [3.63, 3.8) is 0 Å². The number of hydrogen-bond donors (Lipinski definition) is 0. The van der Waals surface area contributed by atoms with Gasteiger partial charge in [0.25, 0.3) is 0 Å². The van der Waals surface area contributed by atoms with Crippen molar-refractivity contribution < 1.29 is 198 Å². The molecule has 0 radical (unpaired) electrons. The van der Waals surface area contributed by atoms with Gasteiger partial charge in [-0.15, -0.1) is 0 Å². The van der Waals surface area contributed by atoms with Gasteiger partial charge in [-0.05, 0) is 93.6 Å². The third kappa shape index (κ3) is 14.1. The molecule has 0 amide bonds. The Morgan fingerprint density at radius 1 is 0.364 bits per heavy atom. The van der Waals surface area contributed by atoms with E-state index in [-0.39, 0.29) is 191 Å². The van der Waals surface area contributed by atoms with Crippen molar-refractivity contribution in [3.8, 4) is 17.2 Å². The number of rotatable bonds is 15. The second kappa shape index (κ2) is 23.8. The normalized spacial score (nSPS) is 10.2. The summed E-state index contributed by atoms with van der Waals surface area (Å²) in [5.41, 5.74) is 2.80. The first-order chi connectivity index (χ1) is 25.2. The summed E-state index contributed by atoms with van der Waals surface area (Å²) in [5, 5.41) is 36.4. The van der Waals surface area contributed by atoms with E-state index in [0.717, 1.165) is 32.6 Å². The standard InChI is InChI=1S/C42H33O9P.3K/c43-40(44)31-7-1-28(2-8-31)25-49-34-13-19-37(20-14-34)52(38-21-15-35(16-22-38)50-26-29-3-9-32(10-4-29)41(45)46)39-23-17-36(18-24-39)51-27-30-5-11-33(12-6-30)42(47)48;;;/h1-24H,25-27H2,(H,43,44)(H,45,46)(H,47,48);;;/q;3*+1/p-3. The van der Waals surface area contributed by atoms with Crippen LogP contribution in [0.25, 0.3) is 0 Å². The van der Waals surface area contributed by atoms with E-state index in [1.54, 1.807) is 36.4 Å². The van der Waals surface area contributed by atoms with Gasteiger partial charge in [0.1, 0.15) is 37.1 Å². The third-order valence-corrected chi connectivity index (χ3v) is 10.5. The van der Waals surface area contributed by atoms with E-state index >= 15 is 0 Å². The summed E-state index contributed by atoms with van der Waals surface area (Å²) in [6.45, 7) is 0.810. The van der Waals surface area contributed by atoms with Crippen molar-refractivity contribution in [2.24, 2.45) is 0 Å². The van der Waals surface area contributed by atoms with Crippen LogP contribution < -0.4 is 200 Å². The number of carboxylic acid groups (broad SMARTS) is 3. The molecule has 0 unspecified atom stereocenters. The molecule has 0 saturated carbocycles. The van der Waals surface area contributed by atoms with Crippen molar-refractivity contribution >= 4 is 41.7 Å². The first-order valence-electron chi connectivity index (χ1n) is 16.1. The van der Waals surface area contributed by atoms with Gasteiger partial charge in [-0.2, -0.15) is 0 Å². The Balaban J connectivity index is 0.00000271. The van der Waals surface area contributed by atoms with E-state index in [1.807, 2.05) is 72.8 Å². The van der Waals surface area contributed by atoms with Crippen LogP contribution in [-0.4, -0.2) is 17.9 Å². The van der Waals surface area contributed by atoms with Crippen molar-refractivity contribution in [1.29, 1.82) is 0 Å². The number of aromatic carboxylic acids is 3. The van der Waals surface area contributed by atoms with Crippen LogP contribution in [0.4, 0.5) is 0 Å². The molecule has 0 aliphatic carbocycles. The van der Waals surface area contributed by atoms with Gasteiger partial charge in [-0.1, -0.05) is 109 Å². The summed E-state index contributed by atoms with van der Waals surface area (Å²) in [5.74, 6) is -1.69. The summed E-state index contributed by atoms with van der Waals surface area (Å²) < 4.78 is 17.9. The Morgan fingerprint density at radius 3 is 0.782 bits per heavy atom. The van der Waals surface area contributed by atoms with Gasteiger partial charge in [-0.3, -0.25) is 0 Å². The summed E-state index contributed by atoms with van der Waals surface area (Å²) in [6.07, 6.45) is 0. The van der Waals surface area contributed by atoms with Gasteiger partial charge in [0.2, 0.25) is 0 Å². The van der Waals surface area contributed by atoms with Crippen LogP contribution in [0.15, 0.2) is 146 Å². The summed E-state index contributed by atoms with van der Waals surface area (Å²) >= 11 is 0. The Labute approximate surface area is 447 Å². The van der Waals surface area contributed by atoms with E-state index in [9.17, 15) is 29.7 Å². The molecule has 6 aromatic carbocycles. The van der Waals surface area contributed by atoms with E-state index in [2.05, 4.69) is 0 Å². The monoisotopic (exact) mass is 826 g/mol. The first-order valence-corrected chi connectivity index (χ1v) is 17.5. The van der Waals surface area contributed by atoms with Crippen molar-refractivity contribution in [2.75, 3.05) is 0 Å². The molecule has 260 valence electrons. The minimum Gasteiger partial charge on any atom is -0.545 e. The minimum absolute atomic E-state index is 0. The number of carboxylic acids is 3. The van der Waals surface area contributed by atoms with Gasteiger partial charge < -0.3 is 43.9 Å². The number of benzene rings is 6. The van der Waals surface area contributed by atoms with Gasteiger partial charge in [0.05, 0.1) is 17.9 Å². The first kappa shape index (κ1) is 47.8. The van der Waals surface area contributed by atoms with Crippen molar-refractivity contribution in [2.45, 2.75) is 19.8 Å². The summed E-state index contributed by atoms with van der Waals surface area (Å²) in [6, 6.07) is 42.7. The second-order valence-corrected chi connectivity index (χ2v) is 13.9. The van der Waals surface area contributed by atoms with E-state index in [0.29, 0.717) is 17.2 Å². The van der Waals surface area contributed by atoms with Crippen LogP contribution in [0.5, 0.6) is 17.2 Å². The van der Waals surface area contributed by atoms with E-state index in [1.165, 1.54) is 36.4 Å². The SMILES string of the molecule is O=C([O-])c1ccc(COc2ccc(P(c3ccc(OCc4ccc(C(=O)[O-])cc4)cc3)c3ccc(OCc4ccc(C(=O)[O-])cc4)cc3)cc2)cc1.[K+].[K+].[K+]. The Morgan fingerprint density at radius 2 is 0.582 bits per heavy atom. The zero-order valence-electron chi connectivity index (χ0n) is 30.6. The molecule has 0 aliphatic rings. The van der Waals surface area contributed by atoms with Gasteiger partial charge >= 0.3 is 154 Å². The quantitative estimate of drug-likeness (QED) is 0.0731. The van der Waals surface area contributed by atoms with Crippen molar-refractivity contribution in [1.82, 2.24) is 0 Å². The fourth-order valence-electron chi connectivity index (χ4n) is 5.23. The maximum Gasteiger partial charge on any atom is 1.00 e. The van der Waals surface area contributed by atoms with Crippen molar-refractivity contribution in [3.05, 3.63) is 179 Å². The summed E-state index contributed by atoms with van der Waals surface area (Å²) in [4.78, 5) is 33.1. The molecule has 0 saturated heterocycles. The van der Waals surface area contributed by atoms with E-state index < -0.39 is 25.8 Å². The predicted octanol–water partition coefficient (Wildman–Crippen LogP) is -5.72. The molecular formula is C42H30K3O9P. The Bertz CT molecular complexity index is 1900. The number of ether oxygens (including phenoxy) is 3. The van der Waals surface area contributed by atoms with Crippen LogP contribution in [0.1, 0.15) is 47.8 Å². The molecule has 0 aromatic heterocycles. The molecular weight excluding hydrogens is 797 g/mol. The van der Waals surface area contributed by atoms with Crippen LogP contribution >= 0.6 is 7.92 Å². The molecule has 0 atom stereocenters. The average Bonchev–Trinajstić information content (AvgIpc) is 3.17. The third-order valence-electron chi connectivity index (χ3n) is 8.07. The smallest absolute Gasteiger partial charge is 0.545 e. The van der Waals surface area contributed by atoms with E-state index in [4.69, 9.17) is 14.2 Å². The molecule has 0 heterocycles. The molecule has 0 aliphatic heterocycles. The van der Waals surface area contributed by atoms with Gasteiger partial charge in [0, 0.05) is 0 Å². The Kier molecular flexibility index (Phi) is 20.7. The van der Waals surface area contributed by atoms with Crippen LogP contribution in [0, 0.1) is 0 Å². The molecule has 0 spiro atoms. The largest absolute Gasteiger partial charge is 1.00 e. The fraction of sp³-hybridized carbons (Fsp3) is 0.0714. The number of carbonyl (C=O) groups excluding carboxylic acids is 3. The summed E-state index contributed by atoms with van der Waals surface area (Å²) in [7, 11) is -1.02. The predicted molar refractivity (Wildman–Crippen MR) is 190 cm³/mol. The number of hydrogen-bond acceptors (Lipinski definition) is 9. The molecule has 0 bridgehead atoms. The minimum atomic E-state index is -1.23. The number of carbonyl (C=O) groups is 3. The maximum atomic E-state index is 11.0. The maximum absolute atomic E-state index is 11.0. The van der Waals surface area contributed by atoms with Gasteiger partial charge in [-0.25, -0.2) is 0 Å². The molecule has 0 fully saturated rings. The molecule has 13 heteroatoms. The van der Waals surface area contributed by atoms with Crippen LogP contribution in [0.2, 0.25) is 0 Å². The topological polar surface area (TPSA) is 148 Å². The molecule has 6 aromatic rings. The zero-order chi connectivity index (χ0) is 36.5. The van der Waals surface area contributed by atoms with Gasteiger partial charge in [0.15, 0.2) is 0 Å². The fourth-order valence-corrected chi connectivity index (χ4v) is 7.47. The molecule has 6 rings (SSSR count). The second-order valence-electron chi connectivity index (χ2n) is 11.6. The zero-order valence-corrected chi connectivity index (χ0v) is 40.9. The Hall–Kier alpha value is -1.53. The average molecular weight is 827 g/mol. The van der Waals surface area contributed by atoms with Crippen LogP contribution in [-0.2, 0) is 19.8 Å².